The van der Waals surface area contributed by atoms with E-state index in [1.54, 1.807) is 12.1 Å². The quantitative estimate of drug-likeness (QED) is 0.205. The van der Waals surface area contributed by atoms with Crippen molar-refractivity contribution in [3.8, 4) is 11.5 Å². The van der Waals surface area contributed by atoms with E-state index < -0.39 is 19.2 Å². The van der Waals surface area contributed by atoms with Crippen molar-refractivity contribution in [2.45, 2.75) is 31.8 Å². The van der Waals surface area contributed by atoms with Crippen LogP contribution in [0, 0.1) is 0 Å². The van der Waals surface area contributed by atoms with Gasteiger partial charge in [-0.25, -0.2) is 0 Å². The Bertz CT molecular complexity index is 1430. The van der Waals surface area contributed by atoms with Crippen molar-refractivity contribution in [3.05, 3.63) is 131 Å². The van der Waals surface area contributed by atoms with Gasteiger partial charge in [-0.1, -0.05) is 84.9 Å². The first-order valence-electron chi connectivity index (χ1n) is 14.8. The predicted molar refractivity (Wildman–Crippen MR) is 148 cm³/mol. The molecule has 4 rings (SSSR count). The van der Waals surface area contributed by atoms with Gasteiger partial charge in [0.1, 0.15) is 30.7 Å². The lowest BCUT2D eigenvalue weighted by Gasteiger charge is -2.16. The van der Waals surface area contributed by atoms with Crippen molar-refractivity contribution < 1.29 is 31.0 Å². The molecular weight excluding hydrogens is 476 g/mol. The number of aliphatic hydroxyl groups is 1. The zero-order chi connectivity index (χ0) is 31.1. The van der Waals surface area contributed by atoms with Crippen LogP contribution in [0.5, 0.6) is 11.5 Å². The summed E-state index contributed by atoms with van der Waals surface area (Å²) in [4.78, 5) is 26.0. The number of ether oxygens (including phenoxy) is 2. The molecule has 194 valence electrons. The molecule has 0 saturated carbocycles. The van der Waals surface area contributed by atoms with Gasteiger partial charge in [0, 0.05) is 12.8 Å². The molecule has 4 aromatic carbocycles. The van der Waals surface area contributed by atoms with E-state index in [-0.39, 0.29) is 47.0 Å². The number of ketones is 2. The Labute approximate surface area is 230 Å². The Balaban J connectivity index is 1.50. The van der Waals surface area contributed by atoms with Gasteiger partial charge in [0.05, 0.1) is 18.0 Å². The second kappa shape index (κ2) is 13.9. The molecule has 0 amide bonds. The zero-order valence-corrected chi connectivity index (χ0v) is 20.8. The molecule has 0 unspecified atom stereocenters. The van der Waals surface area contributed by atoms with Crippen LogP contribution in [0.4, 0.5) is 0 Å². The number of hydrogen-bond acceptors (Lipinski definition) is 5. The summed E-state index contributed by atoms with van der Waals surface area (Å²) >= 11 is 0. The van der Waals surface area contributed by atoms with Crippen LogP contribution < -0.4 is 9.47 Å². The third kappa shape index (κ3) is 7.89. The van der Waals surface area contributed by atoms with Crippen LogP contribution >= 0.6 is 0 Å². The van der Waals surface area contributed by atoms with E-state index in [2.05, 4.69) is 0 Å². The number of rotatable bonds is 14. The summed E-state index contributed by atoms with van der Waals surface area (Å²) in [6.45, 7) is -6.81. The Morgan fingerprint density at radius 3 is 1.42 bits per heavy atom. The van der Waals surface area contributed by atoms with Crippen LogP contribution in [-0.4, -0.2) is 35.9 Å². The van der Waals surface area contributed by atoms with Crippen molar-refractivity contribution >= 4 is 11.6 Å². The van der Waals surface area contributed by atoms with Gasteiger partial charge in [0.25, 0.3) is 0 Å². The standard InChI is InChI=1S/C33H32O5/c34-27(23-37-32-17-9-7-15-28(32)30(35)21-19-25-11-3-1-4-12-25)24-38-33-18-10-8-16-29(33)31(36)22-20-26-13-5-2-6-14-26/h1-18,27,34H,19-24H2/i23D2,24D2,27D. The van der Waals surface area contributed by atoms with Gasteiger partial charge in [-0.2, -0.15) is 0 Å². The minimum atomic E-state index is -3.65. The van der Waals surface area contributed by atoms with E-state index in [1.165, 1.54) is 36.4 Å². The molecule has 0 fully saturated rings. The summed E-state index contributed by atoms with van der Waals surface area (Å²) in [6.07, 6.45) is -2.60. The van der Waals surface area contributed by atoms with Crippen LogP contribution in [-0.2, 0) is 12.8 Å². The third-order valence-corrected chi connectivity index (χ3v) is 5.86. The summed E-state index contributed by atoms with van der Waals surface area (Å²) in [7, 11) is 0. The van der Waals surface area contributed by atoms with Gasteiger partial charge < -0.3 is 14.6 Å². The molecule has 0 aliphatic heterocycles. The van der Waals surface area contributed by atoms with Gasteiger partial charge in [0.2, 0.25) is 0 Å². The molecular formula is C33H32O5. The summed E-state index contributed by atoms with van der Waals surface area (Å²) in [6, 6.07) is 30.3. The topological polar surface area (TPSA) is 72.8 Å². The predicted octanol–water partition coefficient (Wildman–Crippen LogP) is 6.14. The number of aryl methyl sites for hydroxylation is 2. The van der Waals surface area contributed by atoms with E-state index in [0.29, 0.717) is 12.8 Å². The monoisotopic (exact) mass is 513 g/mol. The van der Waals surface area contributed by atoms with E-state index in [0.717, 1.165) is 11.1 Å². The molecule has 0 bridgehead atoms. The first-order valence-corrected chi connectivity index (χ1v) is 12.3. The number of hydrogen-bond donors (Lipinski definition) is 1. The molecule has 5 nitrogen and oxygen atoms in total. The maximum absolute atomic E-state index is 13.0. The molecule has 5 heteroatoms. The second-order valence-corrected chi connectivity index (χ2v) is 8.57. The van der Waals surface area contributed by atoms with E-state index in [1.807, 2.05) is 60.7 Å². The number of carbonyl (C=O) groups excluding carboxylic acids is 2. The van der Waals surface area contributed by atoms with Gasteiger partial charge in [-0.3, -0.25) is 9.59 Å². The maximum Gasteiger partial charge on any atom is 0.166 e. The SMILES string of the molecule is [2H]C([2H])(Oc1ccccc1C(=O)CCc1ccccc1)C([2H])(O)C([2H])([2H])Oc1ccccc1C(=O)CCc1ccccc1. The summed E-state index contributed by atoms with van der Waals surface area (Å²) in [5.41, 5.74) is 1.92. The van der Waals surface area contributed by atoms with Crippen molar-refractivity contribution in [1.29, 1.82) is 0 Å². The Morgan fingerprint density at radius 2 is 1.00 bits per heavy atom. The van der Waals surface area contributed by atoms with Gasteiger partial charge in [0.15, 0.2) is 11.6 Å². The Morgan fingerprint density at radius 1 is 0.632 bits per heavy atom. The van der Waals surface area contributed by atoms with Crippen molar-refractivity contribution in [2.24, 2.45) is 0 Å². The number of para-hydroxylation sites is 2. The Kier molecular flexibility index (Phi) is 7.61. The maximum atomic E-state index is 13.0. The lowest BCUT2D eigenvalue weighted by Crippen LogP contribution is -2.26. The van der Waals surface area contributed by atoms with Crippen molar-refractivity contribution in [3.63, 3.8) is 0 Å². The highest BCUT2D eigenvalue weighted by Crippen LogP contribution is 2.23. The molecule has 38 heavy (non-hydrogen) atoms. The highest BCUT2D eigenvalue weighted by Gasteiger charge is 2.16. The van der Waals surface area contributed by atoms with Crippen LogP contribution in [0.15, 0.2) is 109 Å². The van der Waals surface area contributed by atoms with Gasteiger partial charge in [-0.15, -0.1) is 0 Å². The molecule has 0 aromatic heterocycles. The third-order valence-electron chi connectivity index (χ3n) is 5.86. The lowest BCUT2D eigenvalue weighted by atomic mass is 10.0. The summed E-state index contributed by atoms with van der Waals surface area (Å²) < 4.78 is 52.5. The van der Waals surface area contributed by atoms with Gasteiger partial charge >= 0.3 is 0 Å². The molecule has 1 N–H and O–H groups in total. The van der Waals surface area contributed by atoms with Crippen LogP contribution in [0.3, 0.4) is 0 Å². The van der Waals surface area contributed by atoms with Crippen molar-refractivity contribution in [2.75, 3.05) is 13.1 Å². The van der Waals surface area contributed by atoms with E-state index >= 15 is 0 Å². The average Bonchev–Trinajstić information content (AvgIpc) is 2.99. The molecule has 0 radical (unpaired) electrons. The lowest BCUT2D eigenvalue weighted by molar-refractivity contribution is 0.0613. The fourth-order valence-electron chi connectivity index (χ4n) is 3.87. The van der Waals surface area contributed by atoms with Crippen LogP contribution in [0.25, 0.3) is 0 Å². The van der Waals surface area contributed by atoms with Crippen molar-refractivity contribution in [1.82, 2.24) is 0 Å². The molecule has 0 atom stereocenters. The number of benzene rings is 4. The zero-order valence-electron chi connectivity index (χ0n) is 25.8. The Hall–Kier alpha value is -4.22. The summed E-state index contributed by atoms with van der Waals surface area (Å²) in [5, 5.41) is 11.0. The highest BCUT2D eigenvalue weighted by molar-refractivity contribution is 5.99. The molecule has 0 aliphatic carbocycles. The largest absolute Gasteiger partial charge is 0.490 e. The fourth-order valence-corrected chi connectivity index (χ4v) is 3.87. The first kappa shape index (κ1) is 20.8. The normalized spacial score (nSPS) is 13.8. The van der Waals surface area contributed by atoms with Crippen LogP contribution in [0.2, 0.25) is 0 Å². The van der Waals surface area contributed by atoms with Crippen LogP contribution in [0.1, 0.15) is 51.5 Å². The molecule has 0 saturated heterocycles. The van der Waals surface area contributed by atoms with E-state index in [9.17, 15) is 14.7 Å². The molecule has 0 heterocycles. The second-order valence-electron chi connectivity index (χ2n) is 8.57. The average molecular weight is 514 g/mol. The molecule has 0 aliphatic rings. The minimum Gasteiger partial charge on any atom is -0.490 e. The number of Topliss-reactive ketones (excluding diaryl/α,β-unsaturated/α-hetero) is 2. The minimum absolute atomic E-state index is 0.0222. The molecule has 0 spiro atoms. The molecule has 4 aromatic rings. The van der Waals surface area contributed by atoms with E-state index in [4.69, 9.17) is 16.3 Å². The smallest absolute Gasteiger partial charge is 0.166 e. The highest BCUT2D eigenvalue weighted by atomic mass is 16.5. The summed E-state index contributed by atoms with van der Waals surface area (Å²) in [5.74, 6) is -1.23. The first-order chi connectivity index (χ1) is 20.4. The van der Waals surface area contributed by atoms with Gasteiger partial charge in [-0.05, 0) is 48.2 Å². The fraction of sp³-hybridized carbons (Fsp3) is 0.212. The number of carbonyl (C=O) groups is 2.